The second-order valence-corrected chi connectivity index (χ2v) is 4.97. The maximum Gasteiger partial charge on any atom is 0.341 e. The first-order valence-electron chi connectivity index (χ1n) is 6.37. The van der Waals surface area contributed by atoms with Gasteiger partial charge in [0.15, 0.2) is 11.9 Å². The van der Waals surface area contributed by atoms with Crippen molar-refractivity contribution in [3.63, 3.8) is 0 Å². The number of esters is 1. The molecule has 3 N–H and O–H groups in total. The summed E-state index contributed by atoms with van der Waals surface area (Å²) >= 11 is 5.84. The molecule has 7 nitrogen and oxygen atoms in total. The van der Waals surface area contributed by atoms with Crippen LogP contribution in [0.1, 0.15) is 23.0 Å². The molecule has 0 saturated heterocycles. The molecule has 1 aromatic carbocycles. The number of carbonyl (C=O) groups excluding carboxylic acids is 2. The number of aromatic nitrogens is 1. The van der Waals surface area contributed by atoms with Crippen molar-refractivity contribution in [1.82, 2.24) is 5.16 Å². The van der Waals surface area contributed by atoms with Crippen molar-refractivity contribution in [1.29, 1.82) is 0 Å². The van der Waals surface area contributed by atoms with E-state index in [1.54, 1.807) is 25.1 Å². The number of benzene rings is 1. The number of hydrogen-bond donors (Lipinski definition) is 2. The highest BCUT2D eigenvalue weighted by atomic mass is 35.5. The lowest BCUT2D eigenvalue weighted by molar-refractivity contribution is -0.123. The van der Waals surface area contributed by atoms with E-state index in [1.165, 1.54) is 13.0 Å². The lowest BCUT2D eigenvalue weighted by Crippen LogP contribution is -2.30. The van der Waals surface area contributed by atoms with Gasteiger partial charge in [-0.25, -0.2) is 4.79 Å². The zero-order chi connectivity index (χ0) is 16.3. The summed E-state index contributed by atoms with van der Waals surface area (Å²) in [5, 5.41) is 6.32. The van der Waals surface area contributed by atoms with E-state index in [0.717, 1.165) is 0 Å². The van der Waals surface area contributed by atoms with Crippen LogP contribution in [0.15, 0.2) is 28.8 Å². The molecule has 116 valence electrons. The van der Waals surface area contributed by atoms with E-state index in [0.29, 0.717) is 5.76 Å². The Morgan fingerprint density at radius 2 is 2.18 bits per heavy atom. The number of para-hydroxylation sites is 1. The molecule has 1 heterocycles. The summed E-state index contributed by atoms with van der Waals surface area (Å²) in [7, 11) is 0. The Labute approximate surface area is 131 Å². The van der Waals surface area contributed by atoms with Crippen LogP contribution in [0.3, 0.4) is 0 Å². The quantitative estimate of drug-likeness (QED) is 0.660. The molecule has 1 amide bonds. The topological polar surface area (TPSA) is 107 Å². The summed E-state index contributed by atoms with van der Waals surface area (Å²) in [5.41, 5.74) is 5.91. The van der Waals surface area contributed by atoms with Crippen molar-refractivity contribution in [2.24, 2.45) is 0 Å². The zero-order valence-electron chi connectivity index (χ0n) is 11.9. The van der Waals surface area contributed by atoms with Gasteiger partial charge in [-0.05, 0) is 26.0 Å². The van der Waals surface area contributed by atoms with E-state index in [1.807, 2.05) is 0 Å². The van der Waals surface area contributed by atoms with Crippen LogP contribution in [0, 0.1) is 6.92 Å². The fourth-order valence-electron chi connectivity index (χ4n) is 1.65. The molecule has 22 heavy (non-hydrogen) atoms. The predicted octanol–water partition coefficient (Wildman–Crippen LogP) is 2.40. The summed E-state index contributed by atoms with van der Waals surface area (Å²) < 4.78 is 9.89. The Morgan fingerprint density at radius 3 is 2.82 bits per heavy atom. The van der Waals surface area contributed by atoms with Gasteiger partial charge in [-0.2, -0.15) is 0 Å². The van der Waals surface area contributed by atoms with Crippen LogP contribution in [-0.4, -0.2) is 23.1 Å². The number of aryl methyl sites for hydroxylation is 1. The SMILES string of the molecule is Cc1cc(NC(=O)[C@@H](C)OC(=O)c2cccc(Cl)c2N)no1. The number of ether oxygens (including phenoxy) is 1. The van der Waals surface area contributed by atoms with E-state index in [2.05, 4.69) is 10.5 Å². The Kier molecular flexibility index (Phi) is 4.67. The number of nitrogen functional groups attached to an aromatic ring is 1. The summed E-state index contributed by atoms with van der Waals surface area (Å²) in [6.07, 6.45) is -1.04. The van der Waals surface area contributed by atoms with Gasteiger partial charge in [-0.3, -0.25) is 4.79 Å². The fraction of sp³-hybridized carbons (Fsp3) is 0.214. The van der Waals surface area contributed by atoms with E-state index in [-0.39, 0.29) is 22.1 Å². The standard InChI is InChI=1S/C14H14ClN3O4/c1-7-6-11(18-22-7)17-13(19)8(2)21-14(20)9-4-3-5-10(15)12(9)16/h3-6,8H,16H2,1-2H3,(H,17,18,19)/t8-/m1/s1. The second kappa shape index (κ2) is 6.48. The van der Waals surface area contributed by atoms with Gasteiger partial charge in [0.25, 0.3) is 5.91 Å². The van der Waals surface area contributed by atoms with E-state index in [9.17, 15) is 9.59 Å². The van der Waals surface area contributed by atoms with Crippen molar-refractivity contribution in [3.8, 4) is 0 Å². The highest BCUT2D eigenvalue weighted by Gasteiger charge is 2.21. The molecule has 0 saturated carbocycles. The largest absolute Gasteiger partial charge is 0.449 e. The molecule has 0 radical (unpaired) electrons. The molecular formula is C14H14ClN3O4. The monoisotopic (exact) mass is 323 g/mol. The molecular weight excluding hydrogens is 310 g/mol. The number of anilines is 2. The highest BCUT2D eigenvalue weighted by molar-refractivity contribution is 6.33. The molecule has 0 fully saturated rings. The Hall–Kier alpha value is -2.54. The van der Waals surface area contributed by atoms with Crippen molar-refractivity contribution >= 4 is 35.0 Å². The summed E-state index contributed by atoms with van der Waals surface area (Å²) in [6.45, 7) is 3.12. The van der Waals surface area contributed by atoms with E-state index in [4.69, 9.17) is 26.6 Å². The van der Waals surface area contributed by atoms with Crippen LogP contribution >= 0.6 is 11.6 Å². The fourth-order valence-corrected chi connectivity index (χ4v) is 1.82. The number of nitrogens with two attached hydrogens (primary N) is 1. The number of halogens is 1. The van der Waals surface area contributed by atoms with Gasteiger partial charge in [0.1, 0.15) is 5.76 Å². The van der Waals surface area contributed by atoms with E-state index < -0.39 is 18.0 Å². The molecule has 0 unspecified atom stereocenters. The minimum absolute atomic E-state index is 0.101. The molecule has 1 atom stereocenters. The molecule has 2 aromatic rings. The first-order chi connectivity index (χ1) is 10.4. The molecule has 0 aliphatic carbocycles. The van der Waals surface area contributed by atoms with Crippen LogP contribution in [0.5, 0.6) is 0 Å². The summed E-state index contributed by atoms with van der Waals surface area (Å²) in [4.78, 5) is 23.9. The first kappa shape index (κ1) is 15.8. The first-order valence-corrected chi connectivity index (χ1v) is 6.75. The number of nitrogens with one attached hydrogen (secondary N) is 1. The Bertz CT molecular complexity index is 714. The van der Waals surface area contributed by atoms with Crippen LogP contribution < -0.4 is 11.1 Å². The van der Waals surface area contributed by atoms with Crippen molar-refractivity contribution < 1.29 is 18.8 Å². The van der Waals surface area contributed by atoms with Gasteiger partial charge in [0.2, 0.25) is 0 Å². The highest BCUT2D eigenvalue weighted by Crippen LogP contribution is 2.23. The zero-order valence-corrected chi connectivity index (χ0v) is 12.7. The normalized spacial score (nSPS) is 11.8. The van der Waals surface area contributed by atoms with Crippen molar-refractivity contribution in [2.75, 3.05) is 11.1 Å². The van der Waals surface area contributed by atoms with Gasteiger partial charge in [0, 0.05) is 6.07 Å². The summed E-state index contributed by atoms with van der Waals surface area (Å²) in [6, 6.07) is 6.13. The third-order valence-corrected chi connectivity index (χ3v) is 3.13. The maximum atomic E-state index is 12.0. The maximum absolute atomic E-state index is 12.0. The molecule has 2 rings (SSSR count). The number of rotatable bonds is 4. The average Bonchev–Trinajstić information content (AvgIpc) is 2.86. The van der Waals surface area contributed by atoms with Crippen molar-refractivity contribution in [2.45, 2.75) is 20.0 Å². The molecule has 0 aliphatic rings. The van der Waals surface area contributed by atoms with Gasteiger partial charge in [-0.15, -0.1) is 0 Å². The number of nitrogens with zero attached hydrogens (tertiary/aromatic N) is 1. The molecule has 0 aliphatic heterocycles. The van der Waals surface area contributed by atoms with Crippen LogP contribution in [-0.2, 0) is 9.53 Å². The third kappa shape index (κ3) is 3.56. The molecule has 0 bridgehead atoms. The van der Waals surface area contributed by atoms with E-state index >= 15 is 0 Å². The second-order valence-electron chi connectivity index (χ2n) is 4.56. The Balaban J connectivity index is 2.01. The minimum Gasteiger partial charge on any atom is -0.449 e. The smallest absolute Gasteiger partial charge is 0.341 e. The molecule has 0 spiro atoms. The van der Waals surface area contributed by atoms with Crippen molar-refractivity contribution in [3.05, 3.63) is 40.6 Å². The molecule has 1 aromatic heterocycles. The predicted molar refractivity (Wildman–Crippen MR) is 80.6 cm³/mol. The van der Waals surface area contributed by atoms with Gasteiger partial charge in [0.05, 0.1) is 16.3 Å². The van der Waals surface area contributed by atoms with Crippen LogP contribution in [0.25, 0.3) is 0 Å². The third-order valence-electron chi connectivity index (χ3n) is 2.81. The summed E-state index contributed by atoms with van der Waals surface area (Å²) in [5.74, 6) is -0.486. The lowest BCUT2D eigenvalue weighted by atomic mass is 10.2. The Morgan fingerprint density at radius 1 is 1.45 bits per heavy atom. The number of amides is 1. The van der Waals surface area contributed by atoms with Gasteiger partial charge >= 0.3 is 5.97 Å². The molecule has 8 heteroatoms. The van der Waals surface area contributed by atoms with Gasteiger partial charge < -0.3 is 20.3 Å². The minimum atomic E-state index is -1.04. The van der Waals surface area contributed by atoms with Gasteiger partial charge in [-0.1, -0.05) is 22.8 Å². The van der Waals surface area contributed by atoms with Crippen LogP contribution in [0.2, 0.25) is 5.02 Å². The number of hydrogen-bond acceptors (Lipinski definition) is 6. The lowest BCUT2D eigenvalue weighted by Gasteiger charge is -2.13. The van der Waals surface area contributed by atoms with Crippen LogP contribution in [0.4, 0.5) is 11.5 Å². The average molecular weight is 324 g/mol. The number of carbonyl (C=O) groups is 2.